The molecular weight excluding hydrogens is 205 g/mol. The molecule has 1 aromatic carbocycles. The van der Waals surface area contributed by atoms with E-state index in [-0.39, 0.29) is 23.8 Å². The fourth-order valence-corrected chi connectivity index (χ4v) is 1.87. The van der Waals surface area contributed by atoms with Gasteiger partial charge in [0, 0.05) is 12.0 Å². The molecule has 3 heteroatoms. The van der Waals surface area contributed by atoms with E-state index in [2.05, 4.69) is 0 Å². The molecule has 1 aromatic rings. The summed E-state index contributed by atoms with van der Waals surface area (Å²) in [5.74, 6) is 0.0101. The lowest BCUT2D eigenvalue weighted by Gasteiger charge is -2.34. The van der Waals surface area contributed by atoms with Crippen LogP contribution in [0.4, 0.5) is 4.39 Å². The predicted octanol–water partition coefficient (Wildman–Crippen LogP) is 1.96. The van der Waals surface area contributed by atoms with E-state index < -0.39 is 0 Å². The van der Waals surface area contributed by atoms with Crippen LogP contribution in [-0.2, 0) is 6.42 Å². The van der Waals surface area contributed by atoms with Gasteiger partial charge in [-0.15, -0.1) is 0 Å². The van der Waals surface area contributed by atoms with E-state index in [0.29, 0.717) is 13.0 Å². The highest BCUT2D eigenvalue weighted by atomic mass is 19.1. The fraction of sp³-hybridized carbons (Fsp3) is 0.538. The molecule has 0 aliphatic carbocycles. The van der Waals surface area contributed by atoms with Crippen LogP contribution in [0.15, 0.2) is 24.3 Å². The summed E-state index contributed by atoms with van der Waals surface area (Å²) in [5.41, 5.74) is 6.28. The minimum Gasteiger partial charge on any atom is -0.396 e. The van der Waals surface area contributed by atoms with Gasteiger partial charge in [-0.2, -0.15) is 0 Å². The summed E-state index contributed by atoms with van der Waals surface area (Å²) in [6, 6.07) is 6.47. The molecule has 0 aliphatic heterocycles. The zero-order valence-electron chi connectivity index (χ0n) is 9.91. The minimum atomic E-state index is -0.353. The van der Waals surface area contributed by atoms with Crippen LogP contribution in [-0.4, -0.2) is 18.3 Å². The van der Waals surface area contributed by atoms with Crippen molar-refractivity contribution in [3.05, 3.63) is 35.6 Å². The van der Waals surface area contributed by atoms with Crippen molar-refractivity contribution in [1.29, 1.82) is 0 Å². The highest BCUT2D eigenvalue weighted by Gasteiger charge is 2.31. The summed E-state index contributed by atoms with van der Waals surface area (Å²) in [4.78, 5) is 0. The van der Waals surface area contributed by atoms with Crippen molar-refractivity contribution in [2.75, 3.05) is 13.2 Å². The molecule has 3 N–H and O–H groups in total. The summed E-state index contributed by atoms with van der Waals surface area (Å²) in [7, 11) is 0. The SMILES string of the molecule is CC(C)C(CN)(CO)Cc1cccc(F)c1. The van der Waals surface area contributed by atoms with Crippen LogP contribution in [0.25, 0.3) is 0 Å². The van der Waals surface area contributed by atoms with Crippen molar-refractivity contribution in [3.63, 3.8) is 0 Å². The van der Waals surface area contributed by atoms with Gasteiger partial charge < -0.3 is 10.8 Å². The lowest BCUT2D eigenvalue weighted by Crippen LogP contribution is -2.41. The number of halogens is 1. The Bertz CT molecular complexity index is 334. The zero-order chi connectivity index (χ0) is 12.2. The molecule has 1 rings (SSSR count). The third kappa shape index (κ3) is 2.80. The Kier molecular flexibility index (Phi) is 4.44. The van der Waals surface area contributed by atoms with E-state index in [9.17, 15) is 9.50 Å². The number of rotatable bonds is 5. The molecule has 2 nitrogen and oxygen atoms in total. The lowest BCUT2D eigenvalue weighted by atomic mass is 9.73. The third-order valence-corrected chi connectivity index (χ3v) is 3.39. The molecule has 0 radical (unpaired) electrons. The van der Waals surface area contributed by atoms with Crippen LogP contribution in [0.2, 0.25) is 0 Å². The molecule has 0 aromatic heterocycles. The molecular formula is C13H20FNO. The first-order chi connectivity index (χ1) is 7.54. The van der Waals surface area contributed by atoms with E-state index in [1.54, 1.807) is 6.07 Å². The predicted molar refractivity (Wildman–Crippen MR) is 63.5 cm³/mol. The van der Waals surface area contributed by atoms with Crippen molar-refractivity contribution in [2.24, 2.45) is 17.1 Å². The summed E-state index contributed by atoms with van der Waals surface area (Å²) in [6.07, 6.45) is 0.607. The van der Waals surface area contributed by atoms with Crippen LogP contribution in [0.3, 0.4) is 0 Å². The molecule has 90 valence electrons. The summed E-state index contributed by atoms with van der Waals surface area (Å²) < 4.78 is 13.1. The Hall–Kier alpha value is -0.930. The molecule has 0 amide bonds. The van der Waals surface area contributed by atoms with Gasteiger partial charge in [0.25, 0.3) is 0 Å². The molecule has 0 heterocycles. The minimum absolute atomic E-state index is 0.0255. The zero-order valence-corrected chi connectivity index (χ0v) is 9.91. The van der Waals surface area contributed by atoms with Gasteiger partial charge in [0.15, 0.2) is 0 Å². The van der Waals surface area contributed by atoms with Crippen molar-refractivity contribution in [2.45, 2.75) is 20.3 Å². The van der Waals surface area contributed by atoms with E-state index >= 15 is 0 Å². The normalized spacial score (nSPS) is 15.1. The fourth-order valence-electron chi connectivity index (χ4n) is 1.87. The van der Waals surface area contributed by atoms with E-state index in [1.165, 1.54) is 12.1 Å². The maximum Gasteiger partial charge on any atom is 0.123 e. The average Bonchev–Trinajstić information content (AvgIpc) is 2.25. The van der Waals surface area contributed by atoms with Crippen molar-refractivity contribution >= 4 is 0 Å². The first kappa shape index (κ1) is 13.1. The Morgan fingerprint density at radius 3 is 2.56 bits per heavy atom. The summed E-state index contributed by atoms with van der Waals surface area (Å²) >= 11 is 0. The van der Waals surface area contributed by atoms with Crippen LogP contribution in [0.1, 0.15) is 19.4 Å². The first-order valence-electron chi connectivity index (χ1n) is 5.59. The second-order valence-corrected chi connectivity index (χ2v) is 4.69. The van der Waals surface area contributed by atoms with E-state index in [1.807, 2.05) is 19.9 Å². The molecule has 0 aliphatic rings. The number of aliphatic hydroxyl groups excluding tert-OH is 1. The highest BCUT2D eigenvalue weighted by Crippen LogP contribution is 2.30. The number of nitrogens with two attached hydrogens (primary N) is 1. The van der Waals surface area contributed by atoms with Crippen molar-refractivity contribution in [3.8, 4) is 0 Å². The molecule has 0 fully saturated rings. The Balaban J connectivity index is 2.91. The van der Waals surface area contributed by atoms with Crippen molar-refractivity contribution in [1.82, 2.24) is 0 Å². The number of benzene rings is 1. The van der Waals surface area contributed by atoms with Crippen LogP contribution in [0.5, 0.6) is 0 Å². The number of hydrogen-bond donors (Lipinski definition) is 2. The molecule has 0 saturated carbocycles. The summed E-state index contributed by atoms with van der Waals surface area (Å²) in [6.45, 7) is 4.49. The summed E-state index contributed by atoms with van der Waals surface area (Å²) in [5, 5.41) is 9.50. The maximum atomic E-state index is 13.1. The second-order valence-electron chi connectivity index (χ2n) is 4.69. The van der Waals surface area contributed by atoms with Gasteiger partial charge in [0.2, 0.25) is 0 Å². The van der Waals surface area contributed by atoms with Crippen LogP contribution in [0, 0.1) is 17.2 Å². The van der Waals surface area contributed by atoms with Gasteiger partial charge in [0.1, 0.15) is 5.82 Å². The van der Waals surface area contributed by atoms with E-state index in [0.717, 1.165) is 5.56 Å². The molecule has 16 heavy (non-hydrogen) atoms. The number of aliphatic hydroxyl groups is 1. The highest BCUT2D eigenvalue weighted by molar-refractivity contribution is 5.18. The topological polar surface area (TPSA) is 46.2 Å². The first-order valence-corrected chi connectivity index (χ1v) is 5.59. The van der Waals surface area contributed by atoms with Gasteiger partial charge in [-0.05, 0) is 30.0 Å². The monoisotopic (exact) mass is 225 g/mol. The Labute approximate surface area is 96.3 Å². The van der Waals surface area contributed by atoms with Gasteiger partial charge in [-0.1, -0.05) is 26.0 Å². The second kappa shape index (κ2) is 5.41. The average molecular weight is 225 g/mol. The van der Waals surface area contributed by atoms with Crippen LogP contribution < -0.4 is 5.73 Å². The number of hydrogen-bond acceptors (Lipinski definition) is 2. The largest absolute Gasteiger partial charge is 0.396 e. The lowest BCUT2D eigenvalue weighted by molar-refractivity contribution is 0.0842. The quantitative estimate of drug-likeness (QED) is 0.804. The smallest absolute Gasteiger partial charge is 0.123 e. The van der Waals surface area contributed by atoms with Gasteiger partial charge in [-0.3, -0.25) is 0 Å². The van der Waals surface area contributed by atoms with Crippen LogP contribution >= 0.6 is 0 Å². The molecule has 1 unspecified atom stereocenters. The Morgan fingerprint density at radius 2 is 2.12 bits per heavy atom. The molecule has 0 spiro atoms. The molecule has 0 bridgehead atoms. The van der Waals surface area contributed by atoms with Gasteiger partial charge in [0.05, 0.1) is 6.61 Å². The molecule has 0 saturated heterocycles. The van der Waals surface area contributed by atoms with Crippen molar-refractivity contribution < 1.29 is 9.50 Å². The van der Waals surface area contributed by atoms with Gasteiger partial charge in [-0.25, -0.2) is 4.39 Å². The molecule has 1 atom stereocenters. The standard InChI is InChI=1S/C13H20FNO/c1-10(2)13(8-15,9-16)7-11-4-3-5-12(14)6-11/h3-6,10,16H,7-9,15H2,1-2H3. The van der Waals surface area contributed by atoms with E-state index in [4.69, 9.17) is 5.73 Å². The Morgan fingerprint density at radius 1 is 1.44 bits per heavy atom. The third-order valence-electron chi connectivity index (χ3n) is 3.39. The van der Waals surface area contributed by atoms with Gasteiger partial charge >= 0.3 is 0 Å². The maximum absolute atomic E-state index is 13.1.